The maximum Gasteiger partial charge on any atom is 0.322 e. The number of benzene rings is 3. The molecule has 236 valence electrons. The molecule has 1 N–H and O–H groups in total. The van der Waals surface area contributed by atoms with E-state index in [-0.39, 0.29) is 17.0 Å². The number of sulfonamides is 1. The van der Waals surface area contributed by atoms with E-state index in [1.54, 1.807) is 35.2 Å². The quantitative estimate of drug-likeness (QED) is 0.280. The molecule has 10 heteroatoms. The van der Waals surface area contributed by atoms with Gasteiger partial charge in [-0.2, -0.15) is 0 Å². The van der Waals surface area contributed by atoms with Gasteiger partial charge < -0.3 is 14.5 Å². The Morgan fingerprint density at radius 3 is 2.39 bits per heavy atom. The number of ether oxygens (including phenoxy) is 1. The Bertz CT molecular complexity index is 1600. The molecular weight excluding hydrogens is 579 g/mol. The molecule has 0 unspecified atom stereocenters. The first-order valence-electron chi connectivity index (χ1n) is 15.4. The first-order valence-corrected chi connectivity index (χ1v) is 16.8. The fourth-order valence-electron chi connectivity index (χ4n) is 6.77. The van der Waals surface area contributed by atoms with Crippen molar-refractivity contribution < 1.29 is 26.8 Å². The number of carbonyl (C=O) groups is 1. The van der Waals surface area contributed by atoms with Gasteiger partial charge in [-0.25, -0.2) is 21.9 Å². The molecule has 5 rings (SSSR count). The number of amides is 2. The highest BCUT2D eigenvalue weighted by molar-refractivity contribution is 7.89. The van der Waals surface area contributed by atoms with Crippen LogP contribution in [0, 0.1) is 5.82 Å². The number of hydrogen-bond donors (Lipinski definition) is 1. The van der Waals surface area contributed by atoms with Crippen molar-refractivity contribution in [1.82, 2.24) is 9.62 Å². The van der Waals surface area contributed by atoms with Crippen LogP contribution in [0.5, 0.6) is 5.75 Å². The molecule has 3 aromatic carbocycles. The Morgan fingerprint density at radius 2 is 1.75 bits per heavy atom. The lowest BCUT2D eigenvalue weighted by atomic mass is 9.84. The third-order valence-corrected chi connectivity index (χ3v) is 10.8. The van der Waals surface area contributed by atoms with E-state index in [2.05, 4.69) is 30.4 Å². The van der Waals surface area contributed by atoms with Gasteiger partial charge in [0.2, 0.25) is 10.0 Å². The standard InChI is InChI=1S/C34H43FN4O4S/c1-6-18-39(23-26-8-7-9-29(21-26)43-25(2)3)19-16-34(17-20-39)24-36-33(40)38(34)32-22-28(35)12-15-31(32)27-10-13-30(14-11-27)44(41,42)37(4)5/h7-15,21-22,25H,6,16-20,23-24H2,1-5H3/p+1. The second-order valence-electron chi connectivity index (χ2n) is 12.7. The van der Waals surface area contributed by atoms with E-state index in [1.807, 2.05) is 19.9 Å². The Labute approximate surface area is 261 Å². The second kappa shape index (κ2) is 12.5. The van der Waals surface area contributed by atoms with Crippen molar-refractivity contribution in [3.8, 4) is 16.9 Å². The highest BCUT2D eigenvalue weighted by Crippen LogP contribution is 2.43. The van der Waals surface area contributed by atoms with Gasteiger partial charge in [-0.3, -0.25) is 4.90 Å². The zero-order valence-corrected chi connectivity index (χ0v) is 27.2. The molecular formula is C34H44FN4O4S+. The zero-order chi connectivity index (χ0) is 31.7. The summed E-state index contributed by atoms with van der Waals surface area (Å²) in [5.41, 5.74) is 2.63. The highest BCUT2D eigenvalue weighted by Gasteiger charge is 2.52. The number of halogens is 1. The molecule has 44 heavy (non-hydrogen) atoms. The molecule has 2 fully saturated rings. The van der Waals surface area contributed by atoms with E-state index in [0.29, 0.717) is 23.4 Å². The summed E-state index contributed by atoms with van der Waals surface area (Å²) >= 11 is 0. The van der Waals surface area contributed by atoms with Crippen LogP contribution in [0.25, 0.3) is 11.1 Å². The van der Waals surface area contributed by atoms with Gasteiger partial charge in [-0.05, 0) is 68.3 Å². The van der Waals surface area contributed by atoms with E-state index >= 15 is 0 Å². The van der Waals surface area contributed by atoms with Gasteiger partial charge in [-0.15, -0.1) is 0 Å². The fourth-order valence-corrected chi connectivity index (χ4v) is 7.67. The second-order valence-corrected chi connectivity index (χ2v) is 14.8. The zero-order valence-electron chi connectivity index (χ0n) is 26.3. The summed E-state index contributed by atoms with van der Waals surface area (Å²) in [4.78, 5) is 15.4. The number of carbonyl (C=O) groups excluding carboxylic acids is 1. The van der Waals surface area contributed by atoms with E-state index in [4.69, 9.17) is 4.74 Å². The van der Waals surface area contributed by atoms with E-state index in [0.717, 1.165) is 55.7 Å². The minimum Gasteiger partial charge on any atom is -0.491 e. The molecule has 2 aliphatic rings. The first-order chi connectivity index (χ1) is 20.9. The molecule has 2 saturated heterocycles. The number of likely N-dealkylation sites (tertiary alicyclic amines) is 1. The van der Waals surface area contributed by atoms with Gasteiger partial charge in [0.05, 0.1) is 41.9 Å². The number of quaternary nitrogens is 1. The topological polar surface area (TPSA) is 79.0 Å². The Hall–Kier alpha value is -3.47. The Balaban J connectivity index is 1.44. The van der Waals surface area contributed by atoms with Crippen molar-refractivity contribution in [3.63, 3.8) is 0 Å². The van der Waals surface area contributed by atoms with Gasteiger partial charge in [-0.1, -0.05) is 31.2 Å². The Kier molecular flexibility index (Phi) is 9.07. The summed E-state index contributed by atoms with van der Waals surface area (Å²) in [6, 6.07) is 19.1. The number of hydrogen-bond acceptors (Lipinski definition) is 4. The summed E-state index contributed by atoms with van der Waals surface area (Å²) in [6.45, 7) is 10.4. The number of nitrogens with zero attached hydrogens (tertiary/aromatic N) is 3. The van der Waals surface area contributed by atoms with Crippen molar-refractivity contribution in [2.24, 2.45) is 0 Å². The van der Waals surface area contributed by atoms with Gasteiger partial charge >= 0.3 is 6.03 Å². The molecule has 0 bridgehead atoms. The highest BCUT2D eigenvalue weighted by atomic mass is 32.2. The summed E-state index contributed by atoms with van der Waals surface area (Å²) in [5.74, 6) is 0.448. The molecule has 0 atom stereocenters. The normalized spacial score (nSPS) is 22.2. The van der Waals surface area contributed by atoms with Gasteiger partial charge in [0, 0.05) is 44.6 Å². The molecule has 2 heterocycles. The van der Waals surface area contributed by atoms with Crippen molar-refractivity contribution in [1.29, 1.82) is 0 Å². The average molecular weight is 624 g/mol. The number of rotatable bonds is 10. The molecule has 2 amide bonds. The van der Waals surface area contributed by atoms with E-state index < -0.39 is 21.4 Å². The smallest absolute Gasteiger partial charge is 0.322 e. The van der Waals surface area contributed by atoms with Crippen LogP contribution >= 0.6 is 0 Å². The average Bonchev–Trinajstić information content (AvgIpc) is 3.30. The van der Waals surface area contributed by atoms with Crippen LogP contribution in [-0.4, -0.2) is 75.2 Å². The maximum atomic E-state index is 14.8. The van der Waals surface area contributed by atoms with Crippen LogP contribution in [0.2, 0.25) is 0 Å². The first kappa shape index (κ1) is 31.9. The van der Waals surface area contributed by atoms with Crippen molar-refractivity contribution in [2.75, 3.05) is 45.2 Å². The summed E-state index contributed by atoms with van der Waals surface area (Å²) in [6.07, 6.45) is 2.69. The van der Waals surface area contributed by atoms with Crippen molar-refractivity contribution in [3.05, 3.63) is 78.1 Å². The van der Waals surface area contributed by atoms with E-state index in [9.17, 15) is 17.6 Å². The number of urea groups is 1. The van der Waals surface area contributed by atoms with Crippen LogP contribution in [0.1, 0.15) is 45.6 Å². The van der Waals surface area contributed by atoms with Crippen LogP contribution in [0.3, 0.4) is 0 Å². The van der Waals surface area contributed by atoms with Crippen LogP contribution in [0.4, 0.5) is 14.9 Å². The monoisotopic (exact) mass is 623 g/mol. The fraction of sp³-hybridized carbons (Fsp3) is 0.441. The third kappa shape index (κ3) is 6.34. The largest absolute Gasteiger partial charge is 0.491 e. The van der Waals surface area contributed by atoms with Crippen molar-refractivity contribution in [2.45, 2.75) is 63.1 Å². The number of piperidine rings is 1. The van der Waals surface area contributed by atoms with E-state index in [1.165, 1.54) is 36.1 Å². The maximum absolute atomic E-state index is 14.8. The molecule has 0 aliphatic carbocycles. The summed E-state index contributed by atoms with van der Waals surface area (Å²) < 4.78 is 48.1. The SMILES string of the molecule is CCC[N+]1(Cc2cccc(OC(C)C)c2)CCC2(CC1)CNC(=O)N2c1cc(F)ccc1-c1ccc(S(=O)(=O)N(C)C)cc1. The minimum atomic E-state index is -3.60. The Morgan fingerprint density at radius 1 is 1.05 bits per heavy atom. The summed E-state index contributed by atoms with van der Waals surface area (Å²) in [7, 11) is -0.617. The van der Waals surface area contributed by atoms with Crippen LogP contribution in [0.15, 0.2) is 71.6 Å². The molecule has 3 aromatic rings. The van der Waals surface area contributed by atoms with Crippen LogP contribution < -0.4 is 15.0 Å². The molecule has 8 nitrogen and oxygen atoms in total. The lowest BCUT2D eigenvalue weighted by Gasteiger charge is -2.49. The minimum absolute atomic E-state index is 0.106. The molecule has 0 aromatic heterocycles. The predicted octanol–water partition coefficient (Wildman–Crippen LogP) is 6.02. The van der Waals surface area contributed by atoms with Gasteiger partial charge in [0.15, 0.2) is 0 Å². The number of anilines is 1. The molecule has 2 aliphatic heterocycles. The third-order valence-electron chi connectivity index (χ3n) is 8.98. The predicted molar refractivity (Wildman–Crippen MR) is 172 cm³/mol. The number of nitrogens with one attached hydrogen (secondary N) is 1. The lowest BCUT2D eigenvalue weighted by Crippen LogP contribution is -2.62. The molecule has 1 spiro atoms. The molecule has 0 saturated carbocycles. The lowest BCUT2D eigenvalue weighted by molar-refractivity contribution is -0.946. The van der Waals surface area contributed by atoms with Gasteiger partial charge in [0.25, 0.3) is 0 Å². The molecule has 0 radical (unpaired) electrons. The summed E-state index contributed by atoms with van der Waals surface area (Å²) in [5, 5.41) is 3.06. The van der Waals surface area contributed by atoms with Crippen LogP contribution in [-0.2, 0) is 16.6 Å². The van der Waals surface area contributed by atoms with Gasteiger partial charge in [0.1, 0.15) is 18.1 Å². The van der Waals surface area contributed by atoms with Crippen molar-refractivity contribution >= 4 is 21.7 Å².